The molecule has 0 bridgehead atoms. The number of benzene rings is 1. The third-order valence-electron chi connectivity index (χ3n) is 9.72. The standard InChI is InChI=1S/C35H44ClN11O9/c1-3-18-13-20(21(55-2)14-19(18)36)40-16-24(49)46-11-9-45(10-12-46)8-4-5-23(48)38-6-7-39-25-26(30(52)29(25)51)41-15-22-28(50)31(53)34(56-22)47-17-42-27-32(47)43-35(37)44-33(27)54/h4-5,13-14,17,22,28,31,34,39-41,50,53H,3,6-12,15-16H2,1-2H3,(H,38,48)(H3,37,43,44,54). The average molecular weight is 798 g/mol. The lowest BCUT2D eigenvalue weighted by molar-refractivity contribution is -0.130. The van der Waals surface area contributed by atoms with Gasteiger partial charge >= 0.3 is 0 Å². The molecule has 0 saturated carbocycles. The number of aliphatic hydroxyl groups is 2. The summed E-state index contributed by atoms with van der Waals surface area (Å²) in [4.78, 5) is 76.3. The average Bonchev–Trinajstić information content (AvgIpc) is 3.74. The number of nitrogen functional groups attached to an aromatic ring is 1. The van der Waals surface area contributed by atoms with Crippen molar-refractivity contribution in [3.05, 3.63) is 72.0 Å². The van der Waals surface area contributed by atoms with Crippen molar-refractivity contribution in [2.75, 3.05) is 87.7 Å². The molecule has 2 amide bonds. The number of aliphatic hydroxyl groups excluding tert-OH is 2. The fourth-order valence-corrected chi connectivity index (χ4v) is 6.86. The van der Waals surface area contributed by atoms with Crippen LogP contribution in [0.25, 0.3) is 11.2 Å². The number of imidazole rings is 1. The molecule has 0 spiro atoms. The Hall–Kier alpha value is -5.54. The van der Waals surface area contributed by atoms with Crippen LogP contribution in [0.5, 0.6) is 5.75 Å². The molecule has 2 aromatic heterocycles. The Morgan fingerprint density at radius 1 is 1.07 bits per heavy atom. The Labute approximate surface area is 324 Å². The number of halogens is 1. The number of carbonyl (C=O) groups is 2. The maximum absolute atomic E-state index is 12.9. The fourth-order valence-electron chi connectivity index (χ4n) is 6.57. The van der Waals surface area contributed by atoms with Crippen molar-refractivity contribution in [3.63, 3.8) is 0 Å². The molecular weight excluding hydrogens is 754 g/mol. The molecule has 4 aromatic rings. The number of nitrogens with two attached hydrogens (primary N) is 1. The van der Waals surface area contributed by atoms with Gasteiger partial charge in [0.15, 0.2) is 17.4 Å². The van der Waals surface area contributed by atoms with Crippen LogP contribution in [0.1, 0.15) is 18.7 Å². The second-order valence-corrected chi connectivity index (χ2v) is 13.7. The molecule has 4 heterocycles. The lowest BCUT2D eigenvalue weighted by Crippen LogP contribution is -2.50. The van der Waals surface area contributed by atoms with Crippen LogP contribution in [0.15, 0.2) is 45.0 Å². The number of methoxy groups -OCH3 is 1. The van der Waals surface area contributed by atoms with Gasteiger partial charge in [-0.2, -0.15) is 4.98 Å². The lowest BCUT2D eigenvalue weighted by Gasteiger charge is -2.34. The van der Waals surface area contributed by atoms with Gasteiger partial charge in [-0.3, -0.25) is 38.4 Å². The first kappa shape index (κ1) is 40.1. The van der Waals surface area contributed by atoms with Crippen molar-refractivity contribution in [1.82, 2.24) is 34.6 Å². The van der Waals surface area contributed by atoms with Gasteiger partial charge in [-0.1, -0.05) is 24.6 Å². The number of nitrogens with one attached hydrogen (secondary N) is 5. The van der Waals surface area contributed by atoms with E-state index >= 15 is 0 Å². The number of H-pyrrole nitrogens is 1. The first-order chi connectivity index (χ1) is 26.9. The summed E-state index contributed by atoms with van der Waals surface area (Å²) in [7, 11) is 1.55. The molecule has 6 rings (SSSR count). The summed E-state index contributed by atoms with van der Waals surface area (Å²) in [5.41, 5.74) is 5.23. The third kappa shape index (κ3) is 8.63. The van der Waals surface area contributed by atoms with E-state index in [0.717, 1.165) is 12.0 Å². The Balaban J connectivity index is 0.890. The second kappa shape index (κ2) is 17.5. The number of aromatic nitrogens is 4. The number of hydrogen-bond acceptors (Lipinski definition) is 16. The largest absolute Gasteiger partial charge is 0.495 e. The number of ether oxygens (including phenoxy) is 2. The van der Waals surface area contributed by atoms with Gasteiger partial charge in [0, 0.05) is 69.5 Å². The summed E-state index contributed by atoms with van der Waals surface area (Å²) >= 11 is 6.29. The van der Waals surface area contributed by atoms with E-state index in [1.807, 2.05) is 13.0 Å². The molecule has 2 aliphatic rings. The molecular formula is C35H44ClN11O9. The number of anilines is 4. The predicted molar refractivity (Wildman–Crippen MR) is 208 cm³/mol. The molecule has 20 nitrogen and oxygen atoms in total. The van der Waals surface area contributed by atoms with Crippen LogP contribution in [0.3, 0.4) is 0 Å². The van der Waals surface area contributed by atoms with Gasteiger partial charge in [0.2, 0.25) is 17.8 Å². The van der Waals surface area contributed by atoms with Crippen molar-refractivity contribution in [1.29, 1.82) is 0 Å². The van der Waals surface area contributed by atoms with E-state index in [4.69, 9.17) is 26.8 Å². The smallest absolute Gasteiger partial charge is 0.280 e. The van der Waals surface area contributed by atoms with E-state index in [2.05, 4.69) is 41.1 Å². The number of carbonyl (C=O) groups excluding carboxylic acids is 2. The number of aromatic amines is 1. The van der Waals surface area contributed by atoms with E-state index in [1.165, 1.54) is 17.0 Å². The SMILES string of the molecule is CCc1cc(NCC(=O)N2CCN(CC=CC(=O)NCCNc3c(NCC4OC(n5cnc6c(=O)[nH]c(N)nc65)C(O)C4O)c(=O)c3=O)CC2)c(OC)cc1Cl. The topological polar surface area (TPSA) is 271 Å². The molecule has 0 radical (unpaired) electrons. The molecule has 56 heavy (non-hydrogen) atoms. The number of hydrogen-bond donors (Lipinski definition) is 8. The van der Waals surface area contributed by atoms with Crippen molar-refractivity contribution < 1.29 is 29.3 Å². The van der Waals surface area contributed by atoms with Crippen molar-refractivity contribution in [2.45, 2.75) is 37.9 Å². The van der Waals surface area contributed by atoms with Crippen LogP contribution in [-0.2, 0) is 20.7 Å². The number of piperazine rings is 1. The second-order valence-electron chi connectivity index (χ2n) is 13.3. The molecule has 9 N–H and O–H groups in total. The zero-order chi connectivity index (χ0) is 40.1. The number of nitrogens with zero attached hydrogens (tertiary/aromatic N) is 5. The number of rotatable bonds is 16. The Kier molecular flexibility index (Phi) is 12.5. The minimum absolute atomic E-state index is 0.0190. The number of aryl methyl sites for hydroxylation is 1. The highest BCUT2D eigenvalue weighted by molar-refractivity contribution is 6.31. The molecule has 4 atom stereocenters. The van der Waals surface area contributed by atoms with Crippen LogP contribution in [-0.4, -0.2) is 136 Å². The Morgan fingerprint density at radius 3 is 2.52 bits per heavy atom. The minimum atomic E-state index is -1.44. The normalized spacial score (nSPS) is 20.2. The van der Waals surface area contributed by atoms with Crippen molar-refractivity contribution in [3.8, 4) is 5.75 Å². The molecule has 2 aromatic carbocycles. The Bertz CT molecular complexity index is 2230. The van der Waals surface area contributed by atoms with Gasteiger partial charge in [-0.25, -0.2) is 4.98 Å². The van der Waals surface area contributed by atoms with E-state index in [-0.39, 0.29) is 66.5 Å². The monoisotopic (exact) mass is 797 g/mol. The van der Waals surface area contributed by atoms with Crippen molar-refractivity contribution >= 4 is 57.6 Å². The summed E-state index contributed by atoms with van der Waals surface area (Å²) < 4.78 is 12.5. The predicted octanol–water partition coefficient (Wildman–Crippen LogP) is -1.41. The Morgan fingerprint density at radius 2 is 1.80 bits per heavy atom. The van der Waals surface area contributed by atoms with Gasteiger partial charge in [0.05, 0.1) is 25.7 Å². The molecule has 0 aliphatic carbocycles. The summed E-state index contributed by atoms with van der Waals surface area (Å²) in [5, 5.41) is 33.5. The zero-order valence-corrected chi connectivity index (χ0v) is 31.5. The van der Waals surface area contributed by atoms with Crippen LogP contribution >= 0.6 is 11.6 Å². The van der Waals surface area contributed by atoms with Gasteiger partial charge < -0.3 is 51.6 Å². The quantitative estimate of drug-likeness (QED) is 0.0368. The molecule has 2 fully saturated rings. The zero-order valence-electron chi connectivity index (χ0n) is 30.7. The number of amides is 2. The van der Waals surface area contributed by atoms with Gasteiger partial charge in [-0.05, 0) is 18.1 Å². The first-order valence-electron chi connectivity index (χ1n) is 18.0. The van der Waals surface area contributed by atoms with Gasteiger partial charge in [-0.15, -0.1) is 0 Å². The first-order valence-corrected chi connectivity index (χ1v) is 18.4. The minimum Gasteiger partial charge on any atom is -0.495 e. The van der Waals surface area contributed by atoms with Crippen LogP contribution < -0.4 is 48.2 Å². The van der Waals surface area contributed by atoms with Crippen molar-refractivity contribution in [2.24, 2.45) is 0 Å². The summed E-state index contributed by atoms with van der Waals surface area (Å²) in [5.74, 6) is 0.0278. The highest BCUT2D eigenvalue weighted by Gasteiger charge is 2.44. The fraction of sp³-hybridized carbons (Fsp3) is 0.457. The molecule has 2 aliphatic heterocycles. The van der Waals surface area contributed by atoms with E-state index in [9.17, 15) is 34.2 Å². The maximum Gasteiger partial charge on any atom is 0.280 e. The molecule has 4 unspecified atom stereocenters. The van der Waals surface area contributed by atoms with Gasteiger partial charge in [0.25, 0.3) is 16.4 Å². The van der Waals surface area contributed by atoms with Gasteiger partial charge in [0.1, 0.15) is 35.4 Å². The van der Waals surface area contributed by atoms with E-state index in [0.29, 0.717) is 49.2 Å². The summed E-state index contributed by atoms with van der Waals surface area (Å²) in [6.07, 6.45) is 0.0876. The van der Waals surface area contributed by atoms with Crippen LogP contribution in [0.4, 0.5) is 23.0 Å². The lowest BCUT2D eigenvalue weighted by atomic mass is 10.1. The highest BCUT2D eigenvalue weighted by atomic mass is 35.5. The summed E-state index contributed by atoms with van der Waals surface area (Å²) in [6.45, 7) is 5.17. The van der Waals surface area contributed by atoms with E-state index < -0.39 is 41.0 Å². The molecule has 21 heteroatoms. The maximum atomic E-state index is 12.9. The van der Waals surface area contributed by atoms with Crippen LogP contribution in [0, 0.1) is 0 Å². The third-order valence-corrected chi connectivity index (χ3v) is 10.1. The number of fused-ring (bicyclic) bond motifs is 1. The van der Waals surface area contributed by atoms with E-state index in [1.54, 1.807) is 24.2 Å². The summed E-state index contributed by atoms with van der Waals surface area (Å²) in [6, 6.07) is 3.64. The molecule has 2 saturated heterocycles. The van der Waals surface area contributed by atoms with Crippen LogP contribution in [0.2, 0.25) is 5.02 Å². The highest BCUT2D eigenvalue weighted by Crippen LogP contribution is 2.33. The molecule has 300 valence electrons.